The van der Waals surface area contributed by atoms with Crippen molar-refractivity contribution in [3.8, 4) is 11.3 Å². The summed E-state index contributed by atoms with van der Waals surface area (Å²) in [7, 11) is 2.21. The number of nitrogens with one attached hydrogen (secondary N) is 1. The van der Waals surface area contributed by atoms with E-state index in [-0.39, 0.29) is 0 Å². The Morgan fingerprint density at radius 2 is 1.70 bits per heavy atom. The zero-order valence-electron chi connectivity index (χ0n) is 13.8. The number of hydrogen-bond donors (Lipinski definition) is 1. The lowest BCUT2D eigenvalue weighted by atomic mass is 9.74. The summed E-state index contributed by atoms with van der Waals surface area (Å²) in [5, 5.41) is 8.81. The van der Waals surface area contributed by atoms with Gasteiger partial charge in [-0.05, 0) is 50.0 Å². The molecular formula is C20H23N3. The summed E-state index contributed by atoms with van der Waals surface area (Å²) < 4.78 is 0. The number of para-hydroxylation sites is 1. The number of nitrogens with zero attached hydrogens (tertiary/aromatic N) is 2. The molecule has 0 saturated carbocycles. The lowest BCUT2D eigenvalue weighted by Crippen LogP contribution is -2.38. The Hall–Kier alpha value is -2.13. The molecule has 0 aliphatic carbocycles. The van der Waals surface area contributed by atoms with Gasteiger partial charge in [-0.1, -0.05) is 49.4 Å². The monoisotopic (exact) mass is 305 g/mol. The molecule has 0 spiro atoms. The fourth-order valence-corrected chi connectivity index (χ4v) is 3.61. The van der Waals surface area contributed by atoms with E-state index in [4.69, 9.17) is 0 Å². The molecule has 4 rings (SSSR count). The summed E-state index contributed by atoms with van der Waals surface area (Å²) in [4.78, 5) is 2.42. The minimum Gasteiger partial charge on any atom is -0.306 e. The summed E-state index contributed by atoms with van der Waals surface area (Å²) in [6.45, 7) is 4.77. The summed E-state index contributed by atoms with van der Waals surface area (Å²) in [6.07, 6.45) is 2.46. The SMILES string of the molecule is CN1CCC(C)(c2ccc(-c3n[nH]c4ccccc34)cc2)CC1. The number of piperidine rings is 1. The van der Waals surface area contributed by atoms with E-state index < -0.39 is 0 Å². The quantitative estimate of drug-likeness (QED) is 0.769. The van der Waals surface area contributed by atoms with E-state index in [0.717, 1.165) is 11.2 Å². The molecule has 1 aromatic heterocycles. The predicted molar refractivity (Wildman–Crippen MR) is 95.6 cm³/mol. The minimum atomic E-state index is 0.304. The molecule has 3 aromatic rings. The van der Waals surface area contributed by atoms with E-state index >= 15 is 0 Å². The molecular weight excluding hydrogens is 282 g/mol. The van der Waals surface area contributed by atoms with Crippen molar-refractivity contribution < 1.29 is 0 Å². The molecule has 0 amide bonds. The second-order valence-corrected chi connectivity index (χ2v) is 7.06. The van der Waals surface area contributed by atoms with Crippen LogP contribution in [0.4, 0.5) is 0 Å². The van der Waals surface area contributed by atoms with Crippen molar-refractivity contribution >= 4 is 10.9 Å². The first-order valence-corrected chi connectivity index (χ1v) is 8.38. The van der Waals surface area contributed by atoms with Crippen molar-refractivity contribution in [3.63, 3.8) is 0 Å². The van der Waals surface area contributed by atoms with E-state index in [0.29, 0.717) is 5.41 Å². The first-order valence-electron chi connectivity index (χ1n) is 8.38. The number of aromatic amines is 1. The first kappa shape index (κ1) is 14.5. The molecule has 0 radical (unpaired) electrons. The van der Waals surface area contributed by atoms with Gasteiger partial charge in [0.15, 0.2) is 0 Å². The Kier molecular flexibility index (Phi) is 3.46. The summed E-state index contributed by atoms with van der Waals surface area (Å²) in [5.41, 5.74) is 5.07. The molecule has 1 saturated heterocycles. The third kappa shape index (κ3) is 2.55. The number of likely N-dealkylation sites (tertiary alicyclic amines) is 1. The third-order valence-corrected chi connectivity index (χ3v) is 5.42. The van der Waals surface area contributed by atoms with E-state index in [1.165, 1.54) is 42.4 Å². The lowest BCUT2D eigenvalue weighted by Gasteiger charge is -2.38. The number of H-pyrrole nitrogens is 1. The van der Waals surface area contributed by atoms with E-state index in [2.05, 4.69) is 71.5 Å². The van der Waals surface area contributed by atoms with Crippen LogP contribution in [0.2, 0.25) is 0 Å². The minimum absolute atomic E-state index is 0.304. The molecule has 1 N–H and O–H groups in total. The predicted octanol–water partition coefficient (Wildman–Crippen LogP) is 4.21. The average Bonchev–Trinajstić information content (AvgIpc) is 3.02. The van der Waals surface area contributed by atoms with Gasteiger partial charge in [0.25, 0.3) is 0 Å². The zero-order chi connectivity index (χ0) is 15.9. The Bertz CT molecular complexity index is 808. The van der Waals surface area contributed by atoms with Gasteiger partial charge in [0.1, 0.15) is 0 Å². The van der Waals surface area contributed by atoms with Gasteiger partial charge in [-0.2, -0.15) is 5.10 Å². The molecule has 118 valence electrons. The van der Waals surface area contributed by atoms with E-state index in [1.807, 2.05) is 6.07 Å². The number of fused-ring (bicyclic) bond motifs is 1. The van der Waals surface area contributed by atoms with Crippen LogP contribution in [-0.4, -0.2) is 35.2 Å². The molecule has 1 aliphatic heterocycles. The van der Waals surface area contributed by atoms with Crippen LogP contribution in [0, 0.1) is 0 Å². The number of hydrogen-bond acceptors (Lipinski definition) is 2. The van der Waals surface area contributed by atoms with Crippen LogP contribution in [-0.2, 0) is 5.41 Å². The number of rotatable bonds is 2. The van der Waals surface area contributed by atoms with Crippen molar-refractivity contribution in [2.24, 2.45) is 0 Å². The molecule has 1 fully saturated rings. The van der Waals surface area contributed by atoms with Crippen molar-refractivity contribution in [1.82, 2.24) is 15.1 Å². The topological polar surface area (TPSA) is 31.9 Å². The molecule has 3 nitrogen and oxygen atoms in total. The van der Waals surface area contributed by atoms with Crippen molar-refractivity contribution in [2.75, 3.05) is 20.1 Å². The zero-order valence-corrected chi connectivity index (χ0v) is 13.8. The van der Waals surface area contributed by atoms with E-state index in [9.17, 15) is 0 Å². The normalized spacial score (nSPS) is 18.3. The van der Waals surface area contributed by atoms with Crippen LogP contribution in [0.5, 0.6) is 0 Å². The molecule has 2 heterocycles. The highest BCUT2D eigenvalue weighted by Crippen LogP contribution is 2.36. The van der Waals surface area contributed by atoms with Crippen LogP contribution in [0.15, 0.2) is 48.5 Å². The van der Waals surface area contributed by atoms with Gasteiger partial charge >= 0.3 is 0 Å². The van der Waals surface area contributed by atoms with Crippen molar-refractivity contribution in [1.29, 1.82) is 0 Å². The summed E-state index contributed by atoms with van der Waals surface area (Å²) in [5.74, 6) is 0. The second kappa shape index (κ2) is 5.50. The highest BCUT2D eigenvalue weighted by atomic mass is 15.1. The van der Waals surface area contributed by atoms with Gasteiger partial charge in [-0.25, -0.2) is 0 Å². The van der Waals surface area contributed by atoms with Crippen LogP contribution < -0.4 is 0 Å². The molecule has 1 aliphatic rings. The summed E-state index contributed by atoms with van der Waals surface area (Å²) in [6, 6.07) is 17.3. The second-order valence-electron chi connectivity index (χ2n) is 7.06. The van der Waals surface area contributed by atoms with Crippen molar-refractivity contribution in [3.05, 3.63) is 54.1 Å². The molecule has 0 unspecified atom stereocenters. The average molecular weight is 305 g/mol. The van der Waals surface area contributed by atoms with Crippen LogP contribution in [0.3, 0.4) is 0 Å². The lowest BCUT2D eigenvalue weighted by molar-refractivity contribution is 0.200. The number of benzene rings is 2. The molecule has 2 aromatic carbocycles. The smallest absolute Gasteiger partial charge is 0.0999 e. The maximum absolute atomic E-state index is 4.50. The highest BCUT2D eigenvalue weighted by molar-refractivity contribution is 5.92. The Morgan fingerprint density at radius 1 is 1.00 bits per heavy atom. The molecule has 3 heteroatoms. The van der Waals surface area contributed by atoms with Gasteiger partial charge in [0.2, 0.25) is 0 Å². The maximum atomic E-state index is 4.50. The van der Waals surface area contributed by atoms with Gasteiger partial charge < -0.3 is 4.90 Å². The largest absolute Gasteiger partial charge is 0.306 e. The highest BCUT2D eigenvalue weighted by Gasteiger charge is 2.30. The maximum Gasteiger partial charge on any atom is 0.0999 e. The van der Waals surface area contributed by atoms with Gasteiger partial charge in [-0.15, -0.1) is 0 Å². The van der Waals surface area contributed by atoms with E-state index in [1.54, 1.807) is 0 Å². The van der Waals surface area contributed by atoms with Crippen LogP contribution in [0.25, 0.3) is 22.2 Å². The van der Waals surface area contributed by atoms with Crippen molar-refractivity contribution in [2.45, 2.75) is 25.2 Å². The fourth-order valence-electron chi connectivity index (χ4n) is 3.61. The standard InChI is InChI=1S/C20H23N3/c1-20(11-13-23(2)14-12-20)16-9-7-15(8-10-16)19-17-5-3-4-6-18(17)21-22-19/h3-10H,11-14H2,1-2H3,(H,21,22). The van der Waals surface area contributed by atoms with Gasteiger partial charge in [0, 0.05) is 10.9 Å². The Balaban J connectivity index is 1.66. The van der Waals surface area contributed by atoms with Gasteiger partial charge in [-0.3, -0.25) is 5.10 Å². The molecule has 0 atom stereocenters. The molecule has 0 bridgehead atoms. The molecule has 23 heavy (non-hydrogen) atoms. The first-order chi connectivity index (χ1) is 11.2. The third-order valence-electron chi connectivity index (χ3n) is 5.42. The fraction of sp³-hybridized carbons (Fsp3) is 0.350. The van der Waals surface area contributed by atoms with Gasteiger partial charge in [0.05, 0.1) is 11.2 Å². The van der Waals surface area contributed by atoms with Crippen LogP contribution >= 0.6 is 0 Å². The van der Waals surface area contributed by atoms with Crippen LogP contribution in [0.1, 0.15) is 25.3 Å². The summed E-state index contributed by atoms with van der Waals surface area (Å²) >= 11 is 0. The number of aromatic nitrogens is 2. The Labute approximate surface area is 137 Å². The Morgan fingerprint density at radius 3 is 2.43 bits per heavy atom.